The summed E-state index contributed by atoms with van der Waals surface area (Å²) in [5, 5.41) is 34.8. The number of hydrogen-bond donors (Lipinski definition) is 4. The minimum Gasteiger partial charge on any atom is -0.368 e. The van der Waals surface area contributed by atoms with Crippen molar-refractivity contribution >= 4 is 23.0 Å². The molecule has 2 aromatic heterocycles. The molecule has 4 aromatic rings. The topological polar surface area (TPSA) is 113 Å². The summed E-state index contributed by atoms with van der Waals surface area (Å²) in [4.78, 5) is 13.9. The number of carbonyl (C=O) groups is 1. The second-order valence-corrected chi connectivity index (χ2v) is 9.73. The van der Waals surface area contributed by atoms with Crippen LogP contribution in [0.25, 0.3) is 16.9 Å². The van der Waals surface area contributed by atoms with E-state index in [4.69, 9.17) is 20.7 Å². The Morgan fingerprint density at radius 3 is 2.50 bits per heavy atom. The number of nitrogens with one attached hydrogen (secondary N) is 1. The number of carbonyl (C=O) groups excluding carboxylic acids is 1. The van der Waals surface area contributed by atoms with E-state index in [2.05, 4.69) is 5.32 Å². The molecule has 4 rings (SSSR count). The minimum absolute atomic E-state index is 0.141. The van der Waals surface area contributed by atoms with Crippen LogP contribution in [-0.2, 0) is 4.79 Å². The zero-order valence-corrected chi connectivity index (χ0v) is 21.0. The van der Waals surface area contributed by atoms with E-state index in [9.17, 15) is 4.79 Å². The quantitative estimate of drug-likeness (QED) is 0.186. The smallest absolute Gasteiger partial charge is 0.220 e. The molecule has 36 heavy (non-hydrogen) atoms. The van der Waals surface area contributed by atoms with E-state index in [1.165, 1.54) is 0 Å². The lowest BCUT2D eigenvalue weighted by Gasteiger charge is -2.18. The molecule has 1 unspecified atom stereocenters. The highest BCUT2D eigenvalue weighted by Gasteiger charge is 2.26. The summed E-state index contributed by atoms with van der Waals surface area (Å²) in [6.45, 7) is 2.04. The summed E-state index contributed by atoms with van der Waals surface area (Å²) in [6, 6.07) is 21.5. The Morgan fingerprint density at radius 2 is 1.83 bits per heavy atom. The number of aryl methyl sites for hydroxylation is 1. The second kappa shape index (κ2) is 11.9. The van der Waals surface area contributed by atoms with Crippen LogP contribution in [-0.4, -0.2) is 37.9 Å². The SMILES string of the molecule is Cc1ccc(-c2nn(-c3ccccc3)cc2C(CC(=[NH2+])c2cccs2)NC(=O)CCCC(O)O)cc1. The summed E-state index contributed by atoms with van der Waals surface area (Å²) in [5.74, 6) is -0.179. The highest BCUT2D eigenvalue weighted by molar-refractivity contribution is 7.12. The molecule has 0 saturated heterocycles. The molecule has 1 amide bonds. The lowest BCUT2D eigenvalue weighted by molar-refractivity contribution is -0.122. The second-order valence-electron chi connectivity index (χ2n) is 8.78. The normalized spacial score (nSPS) is 12.0. The third-order valence-electron chi connectivity index (χ3n) is 5.93. The number of nitrogens with two attached hydrogens (primary N) is 1. The number of rotatable bonds is 11. The van der Waals surface area contributed by atoms with E-state index in [0.717, 1.165) is 32.9 Å². The number of hydrogen-bond acceptors (Lipinski definition) is 5. The third kappa shape index (κ3) is 6.54. The Kier molecular flexibility index (Phi) is 8.43. The van der Waals surface area contributed by atoms with Crippen LogP contribution in [0.5, 0.6) is 0 Å². The van der Waals surface area contributed by atoms with Crippen molar-refractivity contribution in [1.82, 2.24) is 15.1 Å². The lowest BCUT2D eigenvalue weighted by atomic mass is 9.97. The van der Waals surface area contributed by atoms with E-state index in [1.54, 1.807) is 11.3 Å². The number of nitrogens with zero attached hydrogens (tertiary/aromatic N) is 2. The van der Waals surface area contributed by atoms with Gasteiger partial charge in [0.2, 0.25) is 5.91 Å². The van der Waals surface area contributed by atoms with Crippen molar-refractivity contribution in [1.29, 1.82) is 0 Å². The number of para-hydroxylation sites is 1. The number of aromatic nitrogens is 2. The van der Waals surface area contributed by atoms with Gasteiger partial charge in [0.1, 0.15) is 0 Å². The first-order chi connectivity index (χ1) is 17.4. The van der Waals surface area contributed by atoms with Gasteiger partial charge in [-0.25, -0.2) is 4.68 Å². The van der Waals surface area contributed by atoms with Crippen molar-refractivity contribution in [3.8, 4) is 16.9 Å². The van der Waals surface area contributed by atoms with Gasteiger partial charge in [-0.2, -0.15) is 5.10 Å². The van der Waals surface area contributed by atoms with Crippen molar-refractivity contribution in [3.05, 3.63) is 94.3 Å². The molecular weight excluding hydrogens is 472 g/mol. The van der Waals surface area contributed by atoms with Gasteiger partial charge in [-0.15, -0.1) is 11.3 Å². The number of aliphatic hydroxyl groups is 2. The van der Waals surface area contributed by atoms with Gasteiger partial charge in [-0.3, -0.25) is 10.2 Å². The van der Waals surface area contributed by atoms with Gasteiger partial charge in [0.25, 0.3) is 0 Å². The predicted octanol–water partition coefficient (Wildman–Crippen LogP) is 3.19. The van der Waals surface area contributed by atoms with E-state index in [0.29, 0.717) is 18.6 Å². The first-order valence-corrected chi connectivity index (χ1v) is 12.8. The van der Waals surface area contributed by atoms with Crippen LogP contribution in [0, 0.1) is 6.92 Å². The van der Waals surface area contributed by atoms with Gasteiger partial charge in [0.05, 0.1) is 28.7 Å². The van der Waals surface area contributed by atoms with Crippen LogP contribution in [0.3, 0.4) is 0 Å². The van der Waals surface area contributed by atoms with Gasteiger partial charge in [-0.1, -0.05) is 54.1 Å². The summed E-state index contributed by atoms with van der Waals surface area (Å²) < 4.78 is 1.83. The lowest BCUT2D eigenvalue weighted by Crippen LogP contribution is -2.43. The molecule has 0 fully saturated rings. The van der Waals surface area contributed by atoms with Crippen LogP contribution in [0.2, 0.25) is 0 Å². The van der Waals surface area contributed by atoms with Crippen molar-refractivity contribution < 1.29 is 20.4 Å². The Bertz CT molecular complexity index is 1280. The number of benzene rings is 2. The van der Waals surface area contributed by atoms with Gasteiger partial charge in [0, 0.05) is 23.7 Å². The maximum Gasteiger partial charge on any atom is 0.220 e. The van der Waals surface area contributed by atoms with E-state index in [-0.39, 0.29) is 18.7 Å². The maximum absolute atomic E-state index is 12.9. The van der Waals surface area contributed by atoms with Crippen LogP contribution >= 0.6 is 11.3 Å². The highest BCUT2D eigenvalue weighted by atomic mass is 32.1. The summed E-state index contributed by atoms with van der Waals surface area (Å²) in [7, 11) is 0. The zero-order chi connectivity index (χ0) is 25.5. The predicted molar refractivity (Wildman–Crippen MR) is 142 cm³/mol. The fourth-order valence-electron chi connectivity index (χ4n) is 4.02. The average Bonchev–Trinajstić information content (AvgIpc) is 3.55. The molecule has 0 saturated carbocycles. The molecule has 1 atom stereocenters. The average molecular weight is 504 g/mol. The van der Waals surface area contributed by atoms with Crippen molar-refractivity contribution in [2.24, 2.45) is 0 Å². The Labute approximate surface area is 214 Å². The number of amides is 1. The molecule has 0 aliphatic carbocycles. The maximum atomic E-state index is 12.9. The van der Waals surface area contributed by atoms with Crippen LogP contribution in [0.15, 0.2) is 78.3 Å². The first kappa shape index (κ1) is 25.5. The molecule has 7 nitrogen and oxygen atoms in total. The van der Waals surface area contributed by atoms with Crippen molar-refractivity contribution in [2.45, 2.75) is 44.9 Å². The summed E-state index contributed by atoms with van der Waals surface area (Å²) >= 11 is 1.56. The van der Waals surface area contributed by atoms with E-state index < -0.39 is 12.3 Å². The van der Waals surface area contributed by atoms with E-state index in [1.807, 2.05) is 89.9 Å². The Morgan fingerprint density at radius 1 is 1.08 bits per heavy atom. The molecule has 0 aliphatic heterocycles. The summed E-state index contributed by atoms with van der Waals surface area (Å²) in [5.41, 5.74) is 5.32. The molecule has 0 spiro atoms. The fraction of sp³-hybridized carbons (Fsp3) is 0.250. The van der Waals surface area contributed by atoms with Gasteiger partial charge < -0.3 is 15.5 Å². The molecule has 0 radical (unpaired) electrons. The molecule has 5 N–H and O–H groups in total. The van der Waals surface area contributed by atoms with Gasteiger partial charge in [-0.05, 0) is 43.3 Å². The zero-order valence-electron chi connectivity index (χ0n) is 20.2. The molecule has 8 heteroatoms. The van der Waals surface area contributed by atoms with Crippen molar-refractivity contribution in [3.63, 3.8) is 0 Å². The Balaban J connectivity index is 1.72. The van der Waals surface area contributed by atoms with Gasteiger partial charge in [0.15, 0.2) is 12.0 Å². The fourth-order valence-corrected chi connectivity index (χ4v) is 4.72. The molecule has 2 heterocycles. The molecular formula is C28H31N4O3S+. The standard InChI is InChI=1S/C28H30N4O3S/c1-19-12-14-20(15-13-19)28-22(18-32(31-28)21-7-3-2-4-8-21)24(17-23(29)25-9-6-16-36-25)30-26(33)10-5-11-27(34)35/h2-4,6-9,12-16,18,24,27,29,34-35H,5,10-11,17H2,1H3,(H,30,33)/p+1. The monoisotopic (exact) mass is 503 g/mol. The van der Waals surface area contributed by atoms with Crippen molar-refractivity contribution in [2.75, 3.05) is 0 Å². The summed E-state index contributed by atoms with van der Waals surface area (Å²) in [6.07, 6.45) is 1.63. The third-order valence-corrected chi connectivity index (χ3v) is 6.87. The molecule has 186 valence electrons. The van der Waals surface area contributed by atoms with Crippen LogP contribution < -0.4 is 10.7 Å². The van der Waals surface area contributed by atoms with E-state index >= 15 is 0 Å². The minimum atomic E-state index is -1.42. The largest absolute Gasteiger partial charge is 0.368 e. The highest BCUT2D eigenvalue weighted by Crippen LogP contribution is 2.31. The van der Waals surface area contributed by atoms with Gasteiger partial charge >= 0.3 is 0 Å². The number of thiophene rings is 1. The molecule has 0 aliphatic rings. The Hall–Kier alpha value is -3.59. The first-order valence-electron chi connectivity index (χ1n) is 11.9. The van der Waals surface area contributed by atoms with Crippen LogP contribution in [0.1, 0.15) is 47.7 Å². The number of aliphatic hydroxyl groups excluding tert-OH is 1. The molecule has 2 aromatic carbocycles. The van der Waals surface area contributed by atoms with Crippen LogP contribution in [0.4, 0.5) is 0 Å². The molecule has 0 bridgehead atoms.